The van der Waals surface area contributed by atoms with Gasteiger partial charge in [-0.15, -0.1) is 0 Å². The molecule has 0 aromatic heterocycles. The third kappa shape index (κ3) is 7.21. The number of methoxy groups -OCH3 is 3. The van der Waals surface area contributed by atoms with Crippen molar-refractivity contribution in [3.05, 3.63) is 52.0 Å². The van der Waals surface area contributed by atoms with E-state index in [4.69, 9.17) is 24.7 Å². The van der Waals surface area contributed by atoms with Crippen molar-refractivity contribution in [1.29, 1.82) is 0 Å². The van der Waals surface area contributed by atoms with Gasteiger partial charge in [-0.05, 0) is 47.9 Å². The molecule has 0 heterocycles. The molecule has 0 fully saturated rings. The third-order valence-electron chi connectivity index (χ3n) is 4.23. The normalized spacial score (nSPS) is 10.6. The molecule has 0 aliphatic rings. The SMILES string of the molecule is COc1cc(Br)c(CCNC(=O)/C=C/c2ccc(OCC(N)=O)c(OC)c2)cc1OC. The van der Waals surface area contributed by atoms with E-state index < -0.39 is 5.91 Å². The van der Waals surface area contributed by atoms with E-state index in [2.05, 4.69) is 21.2 Å². The number of hydrogen-bond donors (Lipinski definition) is 2. The lowest BCUT2D eigenvalue weighted by atomic mass is 10.1. The number of amides is 2. The Hall–Kier alpha value is -3.20. The molecule has 0 radical (unpaired) electrons. The highest BCUT2D eigenvalue weighted by Crippen LogP contribution is 2.33. The summed E-state index contributed by atoms with van der Waals surface area (Å²) in [4.78, 5) is 23.0. The van der Waals surface area contributed by atoms with Crippen LogP contribution < -0.4 is 30.0 Å². The lowest BCUT2D eigenvalue weighted by molar-refractivity contribution is -0.120. The van der Waals surface area contributed by atoms with Gasteiger partial charge in [0.05, 0.1) is 21.3 Å². The lowest BCUT2D eigenvalue weighted by Crippen LogP contribution is -2.23. The smallest absolute Gasteiger partial charge is 0.255 e. The number of carbonyl (C=O) groups is 2. The summed E-state index contributed by atoms with van der Waals surface area (Å²) in [6.45, 7) is 0.199. The first-order valence-electron chi connectivity index (χ1n) is 9.33. The number of rotatable bonds is 11. The average molecular weight is 493 g/mol. The largest absolute Gasteiger partial charge is 0.493 e. The molecule has 0 spiro atoms. The Bertz CT molecular complexity index is 961. The molecule has 8 nitrogen and oxygen atoms in total. The van der Waals surface area contributed by atoms with Gasteiger partial charge in [0.1, 0.15) is 0 Å². The average Bonchev–Trinajstić information content (AvgIpc) is 2.77. The Morgan fingerprint density at radius 2 is 1.65 bits per heavy atom. The fraction of sp³-hybridized carbons (Fsp3) is 0.273. The Labute approximate surface area is 189 Å². The summed E-state index contributed by atoms with van der Waals surface area (Å²) in [7, 11) is 4.64. The highest BCUT2D eigenvalue weighted by molar-refractivity contribution is 9.10. The number of nitrogens with two attached hydrogens (primary N) is 1. The van der Waals surface area contributed by atoms with E-state index in [1.165, 1.54) is 13.2 Å². The number of carbonyl (C=O) groups excluding carboxylic acids is 2. The maximum atomic E-state index is 12.2. The molecule has 0 saturated heterocycles. The van der Waals surface area contributed by atoms with Gasteiger partial charge in [0.2, 0.25) is 5.91 Å². The fourth-order valence-electron chi connectivity index (χ4n) is 2.70. The summed E-state index contributed by atoms with van der Waals surface area (Å²) in [5.41, 5.74) is 6.80. The van der Waals surface area contributed by atoms with Crippen molar-refractivity contribution in [2.75, 3.05) is 34.5 Å². The zero-order valence-electron chi connectivity index (χ0n) is 17.6. The van der Waals surface area contributed by atoms with Crippen LogP contribution in [0.4, 0.5) is 0 Å². The van der Waals surface area contributed by atoms with Crippen molar-refractivity contribution in [2.24, 2.45) is 5.73 Å². The van der Waals surface area contributed by atoms with E-state index in [0.717, 1.165) is 15.6 Å². The van der Waals surface area contributed by atoms with Crippen molar-refractivity contribution >= 4 is 33.8 Å². The van der Waals surface area contributed by atoms with Crippen LogP contribution in [0.3, 0.4) is 0 Å². The van der Waals surface area contributed by atoms with Crippen molar-refractivity contribution in [2.45, 2.75) is 6.42 Å². The molecule has 2 amide bonds. The first kappa shape index (κ1) is 24.1. The van der Waals surface area contributed by atoms with Gasteiger partial charge >= 0.3 is 0 Å². The summed E-state index contributed by atoms with van der Waals surface area (Å²) in [5, 5.41) is 2.84. The van der Waals surface area contributed by atoms with Crippen LogP contribution in [0.2, 0.25) is 0 Å². The van der Waals surface area contributed by atoms with Crippen molar-refractivity contribution in [3.8, 4) is 23.0 Å². The van der Waals surface area contributed by atoms with E-state index in [-0.39, 0.29) is 12.5 Å². The summed E-state index contributed by atoms with van der Waals surface area (Å²) in [6, 6.07) is 8.79. The molecule has 166 valence electrons. The second-order valence-corrected chi connectivity index (χ2v) is 7.19. The summed E-state index contributed by atoms with van der Waals surface area (Å²) in [6.07, 6.45) is 3.70. The van der Waals surface area contributed by atoms with E-state index in [0.29, 0.717) is 36.0 Å². The minimum absolute atomic E-state index is 0.232. The second-order valence-electron chi connectivity index (χ2n) is 6.34. The highest BCUT2D eigenvalue weighted by Gasteiger charge is 2.10. The van der Waals surface area contributed by atoms with Crippen LogP contribution >= 0.6 is 15.9 Å². The van der Waals surface area contributed by atoms with Gasteiger partial charge < -0.3 is 30.0 Å². The fourth-order valence-corrected chi connectivity index (χ4v) is 3.22. The van der Waals surface area contributed by atoms with Crippen molar-refractivity contribution in [3.63, 3.8) is 0 Å². The lowest BCUT2D eigenvalue weighted by Gasteiger charge is -2.12. The van der Waals surface area contributed by atoms with E-state index >= 15 is 0 Å². The number of hydrogen-bond acceptors (Lipinski definition) is 6. The van der Waals surface area contributed by atoms with Crippen LogP contribution in [0.1, 0.15) is 11.1 Å². The molecule has 0 saturated carbocycles. The molecular weight excluding hydrogens is 468 g/mol. The molecule has 2 rings (SSSR count). The monoisotopic (exact) mass is 492 g/mol. The maximum absolute atomic E-state index is 12.2. The molecule has 9 heteroatoms. The van der Waals surface area contributed by atoms with Crippen LogP contribution in [-0.4, -0.2) is 46.3 Å². The van der Waals surface area contributed by atoms with Gasteiger partial charge in [-0.2, -0.15) is 0 Å². The topological polar surface area (TPSA) is 109 Å². The van der Waals surface area contributed by atoms with Crippen LogP contribution in [-0.2, 0) is 16.0 Å². The minimum Gasteiger partial charge on any atom is -0.493 e. The number of ether oxygens (including phenoxy) is 4. The summed E-state index contributed by atoms with van der Waals surface area (Å²) < 4.78 is 22.0. The van der Waals surface area contributed by atoms with Crippen molar-refractivity contribution < 1.29 is 28.5 Å². The van der Waals surface area contributed by atoms with Crippen molar-refractivity contribution in [1.82, 2.24) is 5.32 Å². The van der Waals surface area contributed by atoms with Crippen LogP contribution in [0.5, 0.6) is 23.0 Å². The number of benzene rings is 2. The van der Waals surface area contributed by atoms with Gasteiger partial charge in [0, 0.05) is 17.1 Å². The van der Waals surface area contributed by atoms with Gasteiger partial charge in [-0.25, -0.2) is 0 Å². The zero-order valence-corrected chi connectivity index (χ0v) is 19.2. The van der Waals surface area contributed by atoms with Crippen LogP contribution in [0, 0.1) is 0 Å². The summed E-state index contributed by atoms with van der Waals surface area (Å²) in [5.74, 6) is 1.27. The first-order valence-corrected chi connectivity index (χ1v) is 10.1. The molecule has 0 atom stereocenters. The number of primary amides is 1. The molecule has 3 N–H and O–H groups in total. The van der Waals surface area contributed by atoms with Gasteiger partial charge in [0.25, 0.3) is 5.91 Å². The first-order chi connectivity index (χ1) is 14.9. The molecule has 0 aliphatic heterocycles. The van der Waals surface area contributed by atoms with Crippen LogP contribution in [0.25, 0.3) is 6.08 Å². The van der Waals surface area contributed by atoms with Gasteiger partial charge in [-0.3, -0.25) is 9.59 Å². The number of halogens is 1. The van der Waals surface area contributed by atoms with Gasteiger partial charge in [-0.1, -0.05) is 22.0 Å². The Morgan fingerprint density at radius 1 is 1.00 bits per heavy atom. The third-order valence-corrected chi connectivity index (χ3v) is 4.97. The Kier molecular flexibility index (Phi) is 9.20. The molecular formula is C22H25BrN2O6. The zero-order chi connectivity index (χ0) is 22.8. The highest BCUT2D eigenvalue weighted by atomic mass is 79.9. The van der Waals surface area contributed by atoms with Crippen LogP contribution in [0.15, 0.2) is 40.9 Å². The predicted octanol–water partition coefficient (Wildman–Crippen LogP) is 2.71. The molecule has 2 aromatic rings. The Balaban J connectivity index is 1.93. The second kappa shape index (κ2) is 11.8. The molecule has 31 heavy (non-hydrogen) atoms. The maximum Gasteiger partial charge on any atom is 0.255 e. The Morgan fingerprint density at radius 3 is 2.29 bits per heavy atom. The molecule has 0 bridgehead atoms. The molecule has 0 unspecified atom stereocenters. The quantitative estimate of drug-likeness (QED) is 0.466. The molecule has 2 aromatic carbocycles. The standard InChI is InChI=1S/C22H25BrN2O6/c1-28-18-10-14(4-6-17(18)31-13-21(24)26)5-7-22(27)25-9-8-15-11-19(29-2)20(30-3)12-16(15)23/h4-7,10-12H,8-9,13H2,1-3H3,(H2,24,26)(H,25,27)/b7-5+. The van der Waals surface area contributed by atoms with Gasteiger partial charge in [0.15, 0.2) is 29.6 Å². The predicted molar refractivity (Wildman–Crippen MR) is 121 cm³/mol. The van der Waals surface area contributed by atoms with E-state index in [1.807, 2.05) is 12.1 Å². The minimum atomic E-state index is -0.581. The summed E-state index contributed by atoms with van der Waals surface area (Å²) >= 11 is 3.51. The van der Waals surface area contributed by atoms with E-state index in [9.17, 15) is 9.59 Å². The molecule has 0 aliphatic carbocycles. The number of nitrogens with one attached hydrogen (secondary N) is 1. The van der Waals surface area contributed by atoms with E-state index in [1.54, 1.807) is 38.5 Å².